The number of nitrogens with one attached hydrogen (secondary N) is 1. The molecule has 5 heteroatoms. The Kier molecular flexibility index (Phi) is 3.58. The molecule has 0 amide bonds. The quantitative estimate of drug-likeness (QED) is 0.868. The van der Waals surface area contributed by atoms with Gasteiger partial charge in [-0.05, 0) is 56.9 Å². The van der Waals surface area contributed by atoms with Gasteiger partial charge in [0, 0.05) is 12.1 Å². The monoisotopic (exact) mass is 254 g/mol. The minimum absolute atomic E-state index is 0.400. The maximum absolute atomic E-state index is 5.75. The molecule has 3 N–H and O–H groups in total. The molecule has 2 heterocycles. The summed E-state index contributed by atoms with van der Waals surface area (Å²) in [6.07, 6.45) is 2.51. The Morgan fingerprint density at radius 1 is 1.47 bits per heavy atom. The van der Waals surface area contributed by atoms with Crippen molar-refractivity contribution in [2.75, 3.05) is 37.7 Å². The van der Waals surface area contributed by atoms with E-state index in [1.54, 1.807) is 0 Å². The van der Waals surface area contributed by atoms with Crippen molar-refractivity contribution >= 4 is 22.4 Å². The first kappa shape index (κ1) is 12.6. The molecule has 1 aromatic rings. The number of likely N-dealkylation sites (tertiary alicyclic amines) is 1. The Bertz CT molecular complexity index is 380. The first-order valence-corrected chi connectivity index (χ1v) is 6.92. The summed E-state index contributed by atoms with van der Waals surface area (Å²) in [5.74, 6) is 0.658. The van der Waals surface area contributed by atoms with E-state index < -0.39 is 0 Å². The fourth-order valence-corrected chi connectivity index (χ4v) is 2.85. The maximum Gasteiger partial charge on any atom is 0.142 e. The second-order valence-corrected chi connectivity index (χ2v) is 6.26. The third-order valence-corrected chi connectivity index (χ3v) is 4.75. The molecule has 1 aromatic heterocycles. The van der Waals surface area contributed by atoms with E-state index in [9.17, 15) is 0 Å². The average molecular weight is 254 g/mol. The van der Waals surface area contributed by atoms with Crippen molar-refractivity contribution < 1.29 is 0 Å². The summed E-state index contributed by atoms with van der Waals surface area (Å²) in [6, 6.07) is 0. The smallest absolute Gasteiger partial charge is 0.142 e. The zero-order valence-corrected chi connectivity index (χ0v) is 11.7. The summed E-state index contributed by atoms with van der Waals surface area (Å²) in [5, 5.41) is 4.64. The highest BCUT2D eigenvalue weighted by molar-refractivity contribution is 7.10. The number of rotatable bonds is 3. The molecule has 2 rings (SSSR count). The van der Waals surface area contributed by atoms with Gasteiger partial charge in [0.15, 0.2) is 0 Å². The number of aromatic nitrogens is 1. The lowest BCUT2D eigenvalue weighted by atomic mass is 9.80. The molecule has 4 nitrogen and oxygen atoms in total. The molecule has 1 saturated heterocycles. The second-order valence-electron chi connectivity index (χ2n) is 5.49. The van der Waals surface area contributed by atoms with Crippen LogP contribution >= 0.6 is 11.5 Å². The number of piperidine rings is 1. The Balaban J connectivity index is 1.91. The Hall–Kier alpha value is -0.810. The van der Waals surface area contributed by atoms with E-state index in [0.29, 0.717) is 11.2 Å². The molecule has 1 aliphatic heterocycles. The minimum Gasteiger partial charge on any atom is -0.383 e. The number of nitrogens with zero attached hydrogens (tertiary/aromatic N) is 2. The molecule has 0 bridgehead atoms. The van der Waals surface area contributed by atoms with Gasteiger partial charge in [-0.25, -0.2) is 0 Å². The van der Waals surface area contributed by atoms with Crippen molar-refractivity contribution in [3.63, 3.8) is 0 Å². The number of hydrogen-bond donors (Lipinski definition) is 2. The second kappa shape index (κ2) is 4.82. The largest absolute Gasteiger partial charge is 0.383 e. The van der Waals surface area contributed by atoms with Gasteiger partial charge in [0.2, 0.25) is 0 Å². The van der Waals surface area contributed by atoms with Gasteiger partial charge in [-0.1, -0.05) is 6.92 Å². The Morgan fingerprint density at radius 3 is 2.65 bits per heavy atom. The molecule has 0 saturated carbocycles. The summed E-state index contributed by atoms with van der Waals surface area (Å²) in [5.41, 5.74) is 7.24. The van der Waals surface area contributed by atoms with Crippen LogP contribution in [0.5, 0.6) is 0 Å². The van der Waals surface area contributed by atoms with E-state index in [1.807, 2.05) is 6.92 Å². The molecule has 0 unspecified atom stereocenters. The lowest BCUT2D eigenvalue weighted by molar-refractivity contribution is 0.151. The van der Waals surface area contributed by atoms with Gasteiger partial charge in [-0.15, -0.1) is 0 Å². The normalized spacial score (nSPS) is 20.4. The van der Waals surface area contributed by atoms with Gasteiger partial charge in [0.1, 0.15) is 10.8 Å². The van der Waals surface area contributed by atoms with E-state index in [0.717, 1.165) is 17.1 Å². The first-order chi connectivity index (χ1) is 8.00. The van der Waals surface area contributed by atoms with Crippen LogP contribution in [0.15, 0.2) is 0 Å². The molecule has 0 atom stereocenters. The molecular formula is C12H22N4S. The van der Waals surface area contributed by atoms with Gasteiger partial charge in [0.05, 0.1) is 0 Å². The molecule has 96 valence electrons. The van der Waals surface area contributed by atoms with Gasteiger partial charge < -0.3 is 16.0 Å². The Morgan fingerprint density at radius 2 is 2.12 bits per heavy atom. The van der Waals surface area contributed by atoms with E-state index in [-0.39, 0.29) is 0 Å². The molecule has 0 radical (unpaired) electrons. The Labute approximate surface area is 107 Å². The van der Waals surface area contributed by atoms with Crippen LogP contribution < -0.4 is 11.1 Å². The van der Waals surface area contributed by atoms with Crippen LogP contribution in [0.3, 0.4) is 0 Å². The van der Waals surface area contributed by atoms with Gasteiger partial charge >= 0.3 is 0 Å². The van der Waals surface area contributed by atoms with E-state index in [2.05, 4.69) is 28.6 Å². The third-order valence-electron chi connectivity index (χ3n) is 3.83. The molecule has 0 spiro atoms. The summed E-state index contributed by atoms with van der Waals surface area (Å²) in [4.78, 5) is 2.40. The van der Waals surface area contributed by atoms with Crippen LogP contribution in [0.1, 0.15) is 25.3 Å². The lowest BCUT2D eigenvalue weighted by Gasteiger charge is -2.38. The zero-order chi connectivity index (χ0) is 12.5. The zero-order valence-electron chi connectivity index (χ0n) is 10.9. The van der Waals surface area contributed by atoms with Crippen molar-refractivity contribution in [1.82, 2.24) is 9.27 Å². The van der Waals surface area contributed by atoms with E-state index >= 15 is 0 Å². The van der Waals surface area contributed by atoms with Crippen LogP contribution in [0.2, 0.25) is 0 Å². The lowest BCUT2D eigenvalue weighted by Crippen LogP contribution is -2.40. The predicted octanol–water partition coefficient (Wildman–Crippen LogP) is 2.18. The fourth-order valence-electron chi connectivity index (χ4n) is 2.14. The first-order valence-electron chi connectivity index (χ1n) is 6.14. The van der Waals surface area contributed by atoms with Crippen molar-refractivity contribution in [3.05, 3.63) is 5.56 Å². The highest BCUT2D eigenvalue weighted by Crippen LogP contribution is 2.32. The van der Waals surface area contributed by atoms with E-state index in [4.69, 9.17) is 5.73 Å². The van der Waals surface area contributed by atoms with Crippen LogP contribution in [-0.2, 0) is 0 Å². The van der Waals surface area contributed by atoms with Crippen molar-refractivity contribution in [2.24, 2.45) is 5.41 Å². The number of hydrogen-bond acceptors (Lipinski definition) is 5. The standard InChI is InChI=1S/C12H22N4S/c1-9-10(13)15-17-11(9)14-8-12(2)4-6-16(3)7-5-12/h14H,4-8H2,1-3H3,(H2,13,15). The molecule has 1 fully saturated rings. The average Bonchev–Trinajstić information content (AvgIpc) is 2.62. The maximum atomic E-state index is 5.75. The third kappa shape index (κ3) is 2.90. The fraction of sp³-hybridized carbons (Fsp3) is 0.750. The molecule has 0 aliphatic carbocycles. The van der Waals surface area contributed by atoms with Crippen LogP contribution in [-0.4, -0.2) is 36.0 Å². The number of anilines is 2. The van der Waals surface area contributed by atoms with Crippen molar-refractivity contribution in [3.8, 4) is 0 Å². The molecule has 17 heavy (non-hydrogen) atoms. The van der Waals surface area contributed by atoms with Gasteiger partial charge in [-0.2, -0.15) is 4.37 Å². The summed E-state index contributed by atoms with van der Waals surface area (Å²) >= 11 is 1.47. The summed E-state index contributed by atoms with van der Waals surface area (Å²) < 4.78 is 4.16. The number of nitrogen functional groups attached to an aromatic ring is 1. The van der Waals surface area contributed by atoms with Gasteiger partial charge in [0.25, 0.3) is 0 Å². The van der Waals surface area contributed by atoms with Crippen LogP contribution in [0.4, 0.5) is 10.8 Å². The molecule has 0 aromatic carbocycles. The van der Waals surface area contributed by atoms with Crippen LogP contribution in [0.25, 0.3) is 0 Å². The topological polar surface area (TPSA) is 54.2 Å². The van der Waals surface area contributed by atoms with Crippen molar-refractivity contribution in [2.45, 2.75) is 26.7 Å². The van der Waals surface area contributed by atoms with Crippen molar-refractivity contribution in [1.29, 1.82) is 0 Å². The minimum atomic E-state index is 0.400. The van der Waals surface area contributed by atoms with E-state index in [1.165, 1.54) is 37.5 Å². The highest BCUT2D eigenvalue weighted by atomic mass is 32.1. The number of nitrogens with two attached hydrogens (primary N) is 1. The molecule has 1 aliphatic rings. The summed E-state index contributed by atoms with van der Waals surface area (Å²) in [7, 11) is 2.20. The SMILES string of the molecule is Cc1c(N)nsc1NCC1(C)CCN(C)CC1. The van der Waals surface area contributed by atoms with Gasteiger partial charge in [-0.3, -0.25) is 0 Å². The molecular weight excluding hydrogens is 232 g/mol. The van der Waals surface area contributed by atoms with Crippen LogP contribution in [0, 0.1) is 12.3 Å². The predicted molar refractivity (Wildman–Crippen MR) is 74.6 cm³/mol. The summed E-state index contributed by atoms with van der Waals surface area (Å²) in [6.45, 7) is 7.80. The highest BCUT2D eigenvalue weighted by Gasteiger charge is 2.28.